The fraction of sp³-hybridized carbons (Fsp3) is 0.467. The third-order valence-electron chi connectivity index (χ3n) is 15.7. The Bertz CT molecular complexity index is 3690. The highest BCUT2D eigenvalue weighted by molar-refractivity contribution is 7.90. The molecule has 10 rings (SSSR count). The highest BCUT2D eigenvalue weighted by Gasteiger charge is 2.53. The van der Waals surface area contributed by atoms with E-state index in [1.807, 2.05) is 24.0 Å². The van der Waals surface area contributed by atoms with Crippen LogP contribution >= 0.6 is 22.9 Å². The molecule has 3 amide bonds. The van der Waals surface area contributed by atoms with Crippen LogP contribution in [0.3, 0.4) is 0 Å². The van der Waals surface area contributed by atoms with Crippen molar-refractivity contribution >= 4 is 73.8 Å². The van der Waals surface area contributed by atoms with E-state index in [9.17, 15) is 41.1 Å². The summed E-state index contributed by atoms with van der Waals surface area (Å²) in [6.45, 7) is 11.7. The molecule has 0 bridgehead atoms. The Morgan fingerprint density at radius 3 is 2.37 bits per heavy atom. The van der Waals surface area contributed by atoms with Gasteiger partial charge in [-0.3, -0.25) is 24.3 Å². The van der Waals surface area contributed by atoms with Gasteiger partial charge in [0.2, 0.25) is 23.7 Å². The molecule has 3 aromatic carbocycles. The number of nitrogens with one attached hydrogen (secondary N) is 4. The van der Waals surface area contributed by atoms with Gasteiger partial charge in [0, 0.05) is 70.3 Å². The van der Waals surface area contributed by atoms with Crippen LogP contribution in [-0.2, 0) is 46.7 Å². The van der Waals surface area contributed by atoms with E-state index in [0.29, 0.717) is 71.5 Å². The van der Waals surface area contributed by atoms with E-state index < -0.39 is 69.2 Å². The third kappa shape index (κ3) is 15.6. The van der Waals surface area contributed by atoms with Gasteiger partial charge in [0.25, 0.3) is 5.91 Å². The van der Waals surface area contributed by atoms with Gasteiger partial charge in [-0.15, -0.1) is 20.1 Å². The molecule has 476 valence electrons. The van der Waals surface area contributed by atoms with E-state index in [4.69, 9.17) is 40.3 Å². The number of amides is 3. The molecule has 4 aliphatic rings. The lowest BCUT2D eigenvalue weighted by Gasteiger charge is -2.35. The predicted octanol–water partition coefficient (Wildman–Crippen LogP) is 7.04. The standard InChI is InChI=1S/C60H70ClF3N12O11S2/c1-35-50(88-34-67-35)37-12-13-38(32-66-52(78)45-30-39(77)33-76(45)53(79)51(58(2,3)4)70-54(80)59(62)17-18-59)36(29-37)16-25-84-27-28-85-26-24-74-20-22-75(23-21-74)56-71-55(72-57(73-56)83-5)69-44-31-40(89(6,81)82)14-15-43(44)68-47(48-42(61)10-8-19-65-48)41-9-7-11-46-49(41)87-60(63,64)86-46/h7-15,19,29,31,34,39,45,47,51,68,77H,16-18,20-28,30,32-33H2,1-6H3,(H,66,78)(H,70,80)(H,69,71,72,73)/t39-,45+,47+,51-/m1/s1. The molecule has 29 heteroatoms. The maximum Gasteiger partial charge on any atom is 0.586 e. The van der Waals surface area contributed by atoms with E-state index in [1.165, 1.54) is 59.9 Å². The summed E-state index contributed by atoms with van der Waals surface area (Å²) in [6, 6.07) is 14.7. The Labute approximate surface area is 521 Å². The minimum atomic E-state index is -3.93. The first-order valence-electron chi connectivity index (χ1n) is 28.9. The number of anilines is 4. The van der Waals surface area contributed by atoms with E-state index in [1.54, 1.807) is 44.5 Å². The van der Waals surface area contributed by atoms with Crippen molar-refractivity contribution in [3.05, 3.63) is 112 Å². The molecular weight excluding hydrogens is 1220 g/mol. The van der Waals surface area contributed by atoms with Crippen LogP contribution < -0.4 is 40.4 Å². The average Bonchev–Trinajstić information content (AvgIpc) is 1.83. The van der Waals surface area contributed by atoms with Crippen molar-refractivity contribution in [3.63, 3.8) is 0 Å². The minimum Gasteiger partial charge on any atom is -0.467 e. The van der Waals surface area contributed by atoms with Crippen LogP contribution in [0.15, 0.2) is 83.3 Å². The highest BCUT2D eigenvalue weighted by atomic mass is 35.5. The van der Waals surface area contributed by atoms with Crippen molar-refractivity contribution < 1.29 is 64.8 Å². The van der Waals surface area contributed by atoms with Crippen molar-refractivity contribution in [3.8, 4) is 28.0 Å². The van der Waals surface area contributed by atoms with Crippen molar-refractivity contribution in [1.82, 2.24) is 45.4 Å². The number of hydrogen-bond acceptors (Lipinski definition) is 21. The van der Waals surface area contributed by atoms with Gasteiger partial charge in [-0.2, -0.15) is 15.0 Å². The number of alkyl halides is 3. The number of aliphatic hydroxyl groups excluding tert-OH is 1. The summed E-state index contributed by atoms with van der Waals surface area (Å²) in [5.74, 6) is -1.99. The highest BCUT2D eigenvalue weighted by Crippen LogP contribution is 2.48. The zero-order valence-electron chi connectivity index (χ0n) is 49.9. The number of para-hydroxylation sites is 1. The minimum absolute atomic E-state index is 0.00672. The largest absolute Gasteiger partial charge is 0.586 e. The number of carbonyl (C=O) groups excluding carboxylic acids is 3. The Morgan fingerprint density at radius 2 is 1.67 bits per heavy atom. The molecule has 3 aromatic heterocycles. The van der Waals surface area contributed by atoms with E-state index in [0.717, 1.165) is 33.5 Å². The van der Waals surface area contributed by atoms with Crippen LogP contribution in [0.1, 0.15) is 74.2 Å². The number of piperazine rings is 1. The molecule has 0 spiro atoms. The molecule has 1 aliphatic carbocycles. The Balaban J connectivity index is 0.721. The molecule has 3 fully saturated rings. The van der Waals surface area contributed by atoms with Gasteiger partial charge in [-0.05, 0) is 90.8 Å². The van der Waals surface area contributed by atoms with Crippen LogP contribution in [0.2, 0.25) is 5.02 Å². The molecule has 6 aromatic rings. The first-order chi connectivity index (χ1) is 42.4. The van der Waals surface area contributed by atoms with Crippen molar-refractivity contribution in [2.24, 2.45) is 5.41 Å². The maximum atomic E-state index is 14.7. The number of aryl methyl sites for hydroxylation is 1. The number of ether oxygens (including phenoxy) is 5. The topological polar surface area (TPSA) is 274 Å². The summed E-state index contributed by atoms with van der Waals surface area (Å²) in [6.07, 6.45) is -1.65. The van der Waals surface area contributed by atoms with E-state index in [-0.39, 0.29) is 88.4 Å². The number of methoxy groups -OCH3 is 1. The number of sulfone groups is 1. The summed E-state index contributed by atoms with van der Waals surface area (Å²) in [4.78, 5) is 69.7. The van der Waals surface area contributed by atoms with E-state index >= 15 is 0 Å². The smallest absolute Gasteiger partial charge is 0.467 e. The number of pyridine rings is 1. The summed E-state index contributed by atoms with van der Waals surface area (Å²) in [5, 5.41) is 22.9. The van der Waals surface area contributed by atoms with E-state index in [2.05, 4.69) is 52.2 Å². The molecule has 23 nitrogen and oxygen atoms in total. The average molecular weight is 1290 g/mol. The molecule has 5 N–H and O–H groups in total. The molecule has 4 atom stereocenters. The fourth-order valence-electron chi connectivity index (χ4n) is 10.7. The number of nitrogens with zero attached hydrogens (tertiary/aromatic N) is 8. The van der Waals surface area contributed by atoms with Crippen LogP contribution in [0.25, 0.3) is 10.4 Å². The zero-order chi connectivity index (χ0) is 63.4. The van der Waals surface area contributed by atoms with Crippen LogP contribution in [0.5, 0.6) is 17.5 Å². The zero-order valence-corrected chi connectivity index (χ0v) is 52.2. The van der Waals surface area contributed by atoms with Gasteiger partial charge in [0.1, 0.15) is 12.1 Å². The first-order valence-corrected chi connectivity index (χ1v) is 32.1. The summed E-state index contributed by atoms with van der Waals surface area (Å²) < 4.78 is 96.8. The molecule has 3 aliphatic heterocycles. The Hall–Kier alpha value is -7.47. The second-order valence-electron chi connectivity index (χ2n) is 23.2. The number of halogens is 4. The van der Waals surface area contributed by atoms with Gasteiger partial charge in [0.05, 0.1) is 88.8 Å². The molecule has 1 saturated carbocycles. The number of carbonyl (C=O) groups is 3. The van der Waals surface area contributed by atoms with Crippen LogP contribution in [-0.4, -0.2) is 175 Å². The third-order valence-corrected chi connectivity index (χ3v) is 18.1. The normalized spacial score (nSPS) is 18.5. The van der Waals surface area contributed by atoms with Crippen molar-refractivity contribution in [2.45, 2.75) is 101 Å². The number of fused-ring (bicyclic) bond motifs is 1. The molecule has 2 saturated heterocycles. The Kier molecular flexibility index (Phi) is 19.5. The van der Waals surface area contributed by atoms with Crippen molar-refractivity contribution in [2.75, 3.05) is 94.6 Å². The van der Waals surface area contributed by atoms with Gasteiger partial charge >= 0.3 is 12.3 Å². The first kappa shape index (κ1) is 64.5. The van der Waals surface area contributed by atoms with Gasteiger partial charge in [-0.25, -0.2) is 17.8 Å². The van der Waals surface area contributed by atoms with Gasteiger partial charge < -0.3 is 59.9 Å². The van der Waals surface area contributed by atoms with Crippen LogP contribution in [0.4, 0.5) is 36.4 Å². The molecule has 6 heterocycles. The number of hydrogen-bond donors (Lipinski definition) is 5. The summed E-state index contributed by atoms with van der Waals surface area (Å²) in [5.41, 5.74) is 3.53. The SMILES string of the molecule is COc1nc(Nc2cc(S(C)(=O)=O)ccc2N[C@@H](c2cccc3c2OC(F)(F)O3)c2ncccc2Cl)nc(N2CCN(CCOCCOCCc3cc(-c4scnc4C)ccc3CNC(=O)[C@@H]3C[C@@H](O)CN3C(=O)[C@@H](NC(=O)C3(F)CC3)C(C)(C)C)CC2)n1. The predicted molar refractivity (Wildman–Crippen MR) is 325 cm³/mol. The summed E-state index contributed by atoms with van der Waals surface area (Å²) >= 11 is 8.20. The number of benzene rings is 3. The lowest BCUT2D eigenvalue weighted by Crippen LogP contribution is -2.59. The fourth-order valence-corrected chi connectivity index (χ4v) is 12.3. The number of rotatable bonds is 25. The van der Waals surface area contributed by atoms with Crippen LogP contribution in [0, 0.1) is 12.3 Å². The lowest BCUT2D eigenvalue weighted by molar-refractivity contribution is -0.287. The lowest BCUT2D eigenvalue weighted by atomic mass is 9.85. The maximum absolute atomic E-state index is 14.7. The van der Waals surface area contributed by atoms with Gasteiger partial charge in [0.15, 0.2) is 27.0 Å². The molecular formula is C60H70ClF3N12O11S2. The molecule has 89 heavy (non-hydrogen) atoms. The molecule has 0 radical (unpaired) electrons. The number of β-amino-alcohol motifs (C(OH)–C–C–N with tert-alkyl or cyclic N) is 1. The quantitative estimate of drug-likeness (QED) is 0.0360. The second-order valence-corrected chi connectivity index (χ2v) is 26.5. The number of aliphatic hydroxyl groups is 1. The number of thiazole rings is 1. The second kappa shape index (κ2) is 26.9. The Morgan fingerprint density at radius 1 is 0.910 bits per heavy atom. The number of likely N-dealkylation sites (tertiary alicyclic amines) is 1. The van der Waals surface area contributed by atoms with Crippen molar-refractivity contribution in [1.29, 1.82) is 0 Å². The monoisotopic (exact) mass is 1290 g/mol. The molecule has 0 unspecified atom stereocenters. The summed E-state index contributed by atoms with van der Waals surface area (Å²) in [7, 11) is -2.34. The van der Waals surface area contributed by atoms with Gasteiger partial charge in [-0.1, -0.05) is 56.6 Å². The number of aromatic nitrogens is 5.